The number of benzene rings is 1. The molecule has 1 amide bonds. The highest BCUT2D eigenvalue weighted by Gasteiger charge is 2.38. The van der Waals surface area contributed by atoms with E-state index >= 15 is 0 Å². The maximum Gasteiger partial charge on any atom is 0.267 e. The number of anilines is 1. The van der Waals surface area contributed by atoms with Gasteiger partial charge in [0.1, 0.15) is 15.8 Å². The normalized spacial score (nSPS) is 20.7. The number of rotatable bonds is 5. The first-order chi connectivity index (χ1) is 18.6. The van der Waals surface area contributed by atoms with Gasteiger partial charge in [0.05, 0.1) is 10.5 Å². The molecule has 0 unspecified atom stereocenters. The fraction of sp³-hybridized carbons (Fsp3) is 0.379. The van der Waals surface area contributed by atoms with Crippen molar-refractivity contribution in [3.05, 3.63) is 81.1 Å². The van der Waals surface area contributed by atoms with E-state index in [9.17, 15) is 9.59 Å². The SMILES string of the molecule is O=C1/C(=C\c2c(N3CCN(Cc4ccccc4)CC3)nc3ccccn3c2=O)SC(=S)N1C1CCCCC1. The predicted octanol–water partition coefficient (Wildman–Crippen LogP) is 4.55. The molecule has 3 aliphatic rings. The Bertz CT molecular complexity index is 1440. The van der Waals surface area contributed by atoms with Crippen molar-refractivity contribution >= 4 is 51.7 Å². The monoisotopic (exact) mass is 545 g/mol. The fourth-order valence-electron chi connectivity index (χ4n) is 5.68. The van der Waals surface area contributed by atoms with Crippen molar-refractivity contribution in [2.24, 2.45) is 0 Å². The van der Waals surface area contributed by atoms with Gasteiger partial charge in [0.25, 0.3) is 11.5 Å². The van der Waals surface area contributed by atoms with E-state index < -0.39 is 0 Å². The number of hydrogen-bond acceptors (Lipinski definition) is 7. The summed E-state index contributed by atoms with van der Waals surface area (Å²) in [6.07, 6.45) is 8.90. The number of carbonyl (C=O) groups is 1. The Morgan fingerprint density at radius 3 is 2.45 bits per heavy atom. The highest BCUT2D eigenvalue weighted by Crippen LogP contribution is 2.37. The summed E-state index contributed by atoms with van der Waals surface area (Å²) in [7, 11) is 0. The first kappa shape index (κ1) is 25.3. The molecule has 1 aromatic carbocycles. The van der Waals surface area contributed by atoms with Gasteiger partial charge in [-0.25, -0.2) is 4.98 Å². The van der Waals surface area contributed by atoms with Gasteiger partial charge in [-0.1, -0.05) is 79.6 Å². The summed E-state index contributed by atoms with van der Waals surface area (Å²) >= 11 is 6.95. The van der Waals surface area contributed by atoms with Gasteiger partial charge in [-0.05, 0) is 36.6 Å². The Kier molecular flexibility index (Phi) is 7.32. The largest absolute Gasteiger partial charge is 0.353 e. The zero-order valence-corrected chi connectivity index (χ0v) is 22.9. The highest BCUT2D eigenvalue weighted by molar-refractivity contribution is 8.26. The second kappa shape index (κ2) is 11.0. The van der Waals surface area contributed by atoms with Crippen LogP contribution in [-0.4, -0.2) is 61.6 Å². The van der Waals surface area contributed by atoms with E-state index in [0.717, 1.165) is 58.4 Å². The zero-order valence-electron chi connectivity index (χ0n) is 21.3. The van der Waals surface area contributed by atoms with Gasteiger partial charge in [0.15, 0.2) is 0 Å². The molecule has 2 aromatic heterocycles. The summed E-state index contributed by atoms with van der Waals surface area (Å²) in [5.41, 5.74) is 2.18. The third-order valence-electron chi connectivity index (χ3n) is 7.71. The van der Waals surface area contributed by atoms with Gasteiger partial charge in [-0.15, -0.1) is 0 Å². The second-order valence-electron chi connectivity index (χ2n) is 10.2. The fourth-order valence-corrected chi connectivity index (χ4v) is 7.06. The lowest BCUT2D eigenvalue weighted by molar-refractivity contribution is -0.124. The van der Waals surface area contributed by atoms with Crippen LogP contribution in [0.4, 0.5) is 5.82 Å². The van der Waals surface area contributed by atoms with Crippen LogP contribution in [0.5, 0.6) is 0 Å². The molecule has 38 heavy (non-hydrogen) atoms. The van der Waals surface area contributed by atoms with Crippen molar-refractivity contribution in [1.29, 1.82) is 0 Å². The molecule has 0 bridgehead atoms. The van der Waals surface area contributed by atoms with Crippen molar-refractivity contribution < 1.29 is 4.79 Å². The van der Waals surface area contributed by atoms with Crippen molar-refractivity contribution in [3.63, 3.8) is 0 Å². The number of thiocarbonyl (C=S) groups is 1. The third-order valence-corrected chi connectivity index (χ3v) is 9.04. The van der Waals surface area contributed by atoms with Crippen LogP contribution in [0, 0.1) is 0 Å². The smallest absolute Gasteiger partial charge is 0.267 e. The van der Waals surface area contributed by atoms with Crippen molar-refractivity contribution in [1.82, 2.24) is 19.2 Å². The van der Waals surface area contributed by atoms with Gasteiger partial charge < -0.3 is 4.90 Å². The number of aromatic nitrogens is 2. The lowest BCUT2D eigenvalue weighted by atomic mass is 9.94. The molecule has 2 saturated heterocycles. The molecule has 1 saturated carbocycles. The number of hydrogen-bond donors (Lipinski definition) is 0. The number of nitrogens with zero attached hydrogens (tertiary/aromatic N) is 5. The molecule has 0 atom stereocenters. The quantitative estimate of drug-likeness (QED) is 0.344. The van der Waals surface area contributed by atoms with E-state index in [1.165, 1.54) is 23.7 Å². The van der Waals surface area contributed by atoms with Crippen LogP contribution >= 0.6 is 24.0 Å². The van der Waals surface area contributed by atoms with Crippen LogP contribution < -0.4 is 10.5 Å². The highest BCUT2D eigenvalue weighted by atomic mass is 32.2. The first-order valence-electron chi connectivity index (χ1n) is 13.4. The minimum Gasteiger partial charge on any atom is -0.353 e. The molecule has 1 aliphatic carbocycles. The molecule has 0 spiro atoms. The average Bonchev–Trinajstić information content (AvgIpc) is 3.24. The summed E-state index contributed by atoms with van der Waals surface area (Å²) < 4.78 is 2.15. The number of pyridine rings is 1. The van der Waals surface area contributed by atoms with Crippen molar-refractivity contribution in [2.45, 2.75) is 44.7 Å². The van der Waals surface area contributed by atoms with Crippen LogP contribution in [-0.2, 0) is 11.3 Å². The van der Waals surface area contributed by atoms with Gasteiger partial charge in [-0.3, -0.25) is 23.8 Å². The first-order valence-corrected chi connectivity index (χ1v) is 14.6. The van der Waals surface area contributed by atoms with E-state index in [2.05, 4.69) is 34.1 Å². The molecule has 196 valence electrons. The van der Waals surface area contributed by atoms with Crippen LogP contribution in [0.1, 0.15) is 43.2 Å². The number of piperazine rings is 1. The molecule has 4 heterocycles. The minimum atomic E-state index is -0.166. The molecule has 2 aliphatic heterocycles. The van der Waals surface area contributed by atoms with Gasteiger partial charge in [-0.2, -0.15) is 0 Å². The molecule has 3 aromatic rings. The Balaban J connectivity index is 1.31. The number of carbonyl (C=O) groups excluding carboxylic acids is 1. The molecule has 6 rings (SSSR count). The van der Waals surface area contributed by atoms with E-state index in [4.69, 9.17) is 17.2 Å². The summed E-state index contributed by atoms with van der Waals surface area (Å²) in [5.74, 6) is 0.562. The second-order valence-corrected chi connectivity index (χ2v) is 11.9. The Morgan fingerprint density at radius 2 is 1.68 bits per heavy atom. The topological polar surface area (TPSA) is 61.2 Å². The number of amides is 1. The number of fused-ring (bicyclic) bond motifs is 1. The molecule has 0 N–H and O–H groups in total. The van der Waals surface area contributed by atoms with Crippen LogP contribution in [0.3, 0.4) is 0 Å². The number of thioether (sulfide) groups is 1. The van der Waals surface area contributed by atoms with E-state index in [-0.39, 0.29) is 17.5 Å². The van der Waals surface area contributed by atoms with Crippen molar-refractivity contribution in [2.75, 3.05) is 31.1 Å². The molecule has 0 radical (unpaired) electrons. The Morgan fingerprint density at radius 1 is 0.947 bits per heavy atom. The molecular weight excluding hydrogens is 514 g/mol. The minimum absolute atomic E-state index is 0.0805. The standard InChI is InChI=1S/C29H31N5O2S2/c35-27-23(19-24-28(36)34(29(37)38-24)22-11-5-2-6-12-22)26(30-25-13-7-8-14-33(25)27)32-17-15-31(16-18-32)20-21-9-3-1-4-10-21/h1,3-4,7-10,13-14,19,22H,2,5-6,11-12,15-18,20H2/b24-19+. The lowest BCUT2D eigenvalue weighted by Crippen LogP contribution is -2.47. The molecule has 7 nitrogen and oxygen atoms in total. The maximum atomic E-state index is 13.7. The summed E-state index contributed by atoms with van der Waals surface area (Å²) in [6, 6.07) is 16.2. The van der Waals surface area contributed by atoms with Gasteiger partial charge in [0, 0.05) is 45.0 Å². The van der Waals surface area contributed by atoms with Gasteiger partial charge >= 0.3 is 0 Å². The third kappa shape index (κ3) is 5.02. The summed E-state index contributed by atoms with van der Waals surface area (Å²) in [4.78, 5) is 39.1. The Labute approximate surface area is 232 Å². The van der Waals surface area contributed by atoms with Crippen LogP contribution in [0.2, 0.25) is 0 Å². The predicted molar refractivity (Wildman–Crippen MR) is 157 cm³/mol. The van der Waals surface area contributed by atoms with Crippen LogP contribution in [0.25, 0.3) is 11.7 Å². The van der Waals surface area contributed by atoms with E-state index in [1.54, 1.807) is 21.6 Å². The summed E-state index contributed by atoms with van der Waals surface area (Å²) in [6.45, 7) is 4.15. The maximum absolute atomic E-state index is 13.7. The van der Waals surface area contributed by atoms with E-state index in [0.29, 0.717) is 26.3 Å². The van der Waals surface area contributed by atoms with Gasteiger partial charge in [0.2, 0.25) is 0 Å². The van der Waals surface area contributed by atoms with E-state index in [1.807, 2.05) is 24.3 Å². The lowest BCUT2D eigenvalue weighted by Gasteiger charge is -2.36. The molecule has 3 fully saturated rings. The van der Waals surface area contributed by atoms with Crippen LogP contribution in [0.15, 0.2) is 64.4 Å². The Hall–Kier alpha value is -3.01. The van der Waals surface area contributed by atoms with Crippen molar-refractivity contribution in [3.8, 4) is 0 Å². The summed E-state index contributed by atoms with van der Waals surface area (Å²) in [5, 5.41) is 0. The molecule has 9 heteroatoms. The molecular formula is C29H31N5O2S2. The average molecular weight is 546 g/mol. The zero-order chi connectivity index (χ0) is 26.1.